The number of thiazole rings is 1. The zero-order chi connectivity index (χ0) is 13.0. The molecule has 0 aromatic carbocycles. The van der Waals surface area contributed by atoms with Crippen molar-refractivity contribution in [2.75, 3.05) is 39.3 Å². The molecular weight excluding hydrogens is 244 g/mol. The number of nitrogens with zero attached hydrogens (tertiary/aromatic N) is 3. The van der Waals surface area contributed by atoms with Gasteiger partial charge in [0.05, 0.1) is 10.7 Å². The van der Waals surface area contributed by atoms with Crippen LogP contribution in [-0.2, 0) is 13.0 Å². The van der Waals surface area contributed by atoms with Crippen molar-refractivity contribution in [2.45, 2.75) is 26.8 Å². The Kier molecular flexibility index (Phi) is 5.12. The van der Waals surface area contributed by atoms with Crippen molar-refractivity contribution >= 4 is 11.3 Å². The molecule has 0 aliphatic carbocycles. The Balaban J connectivity index is 1.77. The topological polar surface area (TPSA) is 45.4 Å². The fraction of sp³-hybridized carbons (Fsp3) is 0.769. The van der Waals surface area contributed by atoms with E-state index in [0.717, 1.165) is 18.7 Å². The minimum absolute atomic E-state index is 0.624. The van der Waals surface area contributed by atoms with Gasteiger partial charge >= 0.3 is 0 Å². The first-order valence-electron chi connectivity index (χ1n) is 6.83. The van der Waals surface area contributed by atoms with E-state index in [9.17, 15) is 0 Å². The quantitative estimate of drug-likeness (QED) is 0.868. The van der Waals surface area contributed by atoms with Gasteiger partial charge in [-0.3, -0.25) is 0 Å². The number of hydrogen-bond acceptors (Lipinski definition) is 5. The van der Waals surface area contributed by atoms with E-state index in [2.05, 4.69) is 28.6 Å². The van der Waals surface area contributed by atoms with Crippen molar-refractivity contribution < 1.29 is 0 Å². The highest BCUT2D eigenvalue weighted by Gasteiger charge is 2.15. The average Bonchev–Trinajstić information content (AvgIpc) is 2.77. The van der Waals surface area contributed by atoms with E-state index in [0.29, 0.717) is 6.54 Å². The Hall–Kier alpha value is -0.490. The normalized spacial score (nSPS) is 18.4. The van der Waals surface area contributed by atoms with Crippen molar-refractivity contribution in [3.05, 3.63) is 15.6 Å². The van der Waals surface area contributed by atoms with Crippen molar-refractivity contribution in [2.24, 2.45) is 5.73 Å². The molecule has 1 saturated heterocycles. The smallest absolute Gasteiger partial charge is 0.0944 e. The van der Waals surface area contributed by atoms with Crippen LogP contribution in [0.4, 0.5) is 0 Å². The predicted octanol–water partition coefficient (Wildman–Crippen LogP) is 1.09. The number of aryl methyl sites for hydroxylation is 1. The first-order chi connectivity index (χ1) is 8.72. The summed E-state index contributed by atoms with van der Waals surface area (Å²) in [5.41, 5.74) is 6.81. The molecule has 0 atom stereocenters. The molecule has 18 heavy (non-hydrogen) atoms. The molecule has 4 nitrogen and oxygen atoms in total. The van der Waals surface area contributed by atoms with Crippen LogP contribution >= 0.6 is 11.3 Å². The molecule has 5 heteroatoms. The summed E-state index contributed by atoms with van der Waals surface area (Å²) < 4.78 is 0. The molecule has 1 fully saturated rings. The largest absolute Gasteiger partial charge is 0.326 e. The summed E-state index contributed by atoms with van der Waals surface area (Å²) in [5.74, 6) is 0. The summed E-state index contributed by atoms with van der Waals surface area (Å²) in [6.45, 7) is 12.0. The van der Waals surface area contributed by atoms with Crippen LogP contribution in [0.2, 0.25) is 0 Å². The van der Waals surface area contributed by atoms with E-state index >= 15 is 0 Å². The third-order valence-corrected chi connectivity index (χ3v) is 4.92. The van der Waals surface area contributed by atoms with Crippen LogP contribution in [-0.4, -0.2) is 54.1 Å². The second kappa shape index (κ2) is 6.61. The summed E-state index contributed by atoms with van der Waals surface area (Å²) in [5, 5.41) is 1.24. The maximum atomic E-state index is 5.69. The van der Waals surface area contributed by atoms with Gasteiger partial charge in [0.15, 0.2) is 0 Å². The molecule has 0 saturated carbocycles. The second-order valence-corrected chi connectivity index (χ2v) is 6.01. The monoisotopic (exact) mass is 268 g/mol. The maximum Gasteiger partial charge on any atom is 0.0944 e. The molecule has 0 unspecified atom stereocenters. The third-order valence-electron chi connectivity index (χ3n) is 3.68. The van der Waals surface area contributed by atoms with Crippen LogP contribution in [0.25, 0.3) is 0 Å². The van der Waals surface area contributed by atoms with Crippen LogP contribution in [0.3, 0.4) is 0 Å². The van der Waals surface area contributed by atoms with Gasteiger partial charge in [-0.05, 0) is 13.5 Å². The highest BCUT2D eigenvalue weighted by molar-refractivity contribution is 7.11. The standard InChI is InChI=1S/C13H24N4S/c1-3-16-6-8-17(9-7-16)5-4-13-15-11(2)12(10-14)18-13/h3-10,14H2,1-2H3. The predicted molar refractivity (Wildman–Crippen MR) is 77.0 cm³/mol. The van der Waals surface area contributed by atoms with Gasteiger partial charge in [-0.2, -0.15) is 0 Å². The van der Waals surface area contributed by atoms with E-state index in [-0.39, 0.29) is 0 Å². The SMILES string of the molecule is CCN1CCN(CCc2nc(C)c(CN)s2)CC1. The van der Waals surface area contributed by atoms with Crippen LogP contribution in [0.1, 0.15) is 22.5 Å². The number of rotatable bonds is 5. The second-order valence-electron chi connectivity index (χ2n) is 4.85. The number of likely N-dealkylation sites (N-methyl/N-ethyl adjacent to an activating group) is 1. The number of hydrogen-bond donors (Lipinski definition) is 1. The Labute approximate surface area is 114 Å². The molecule has 0 amide bonds. The zero-order valence-electron chi connectivity index (χ0n) is 11.5. The molecule has 1 aliphatic rings. The lowest BCUT2D eigenvalue weighted by molar-refractivity contribution is 0.138. The zero-order valence-corrected chi connectivity index (χ0v) is 12.3. The Morgan fingerprint density at radius 2 is 1.89 bits per heavy atom. The van der Waals surface area contributed by atoms with Gasteiger partial charge in [0.1, 0.15) is 0 Å². The van der Waals surface area contributed by atoms with E-state index in [1.165, 1.54) is 42.6 Å². The number of aromatic nitrogens is 1. The molecule has 102 valence electrons. The molecule has 2 N–H and O–H groups in total. The highest BCUT2D eigenvalue weighted by Crippen LogP contribution is 2.18. The van der Waals surface area contributed by atoms with Crippen LogP contribution in [0, 0.1) is 6.92 Å². The number of piperazine rings is 1. The van der Waals surface area contributed by atoms with Gasteiger partial charge in [-0.25, -0.2) is 4.98 Å². The van der Waals surface area contributed by atoms with Gasteiger partial charge in [-0.15, -0.1) is 11.3 Å². The minimum atomic E-state index is 0.624. The Morgan fingerprint density at radius 3 is 2.44 bits per heavy atom. The lowest BCUT2D eigenvalue weighted by Crippen LogP contribution is -2.46. The van der Waals surface area contributed by atoms with Gasteiger partial charge < -0.3 is 15.5 Å². The molecule has 0 bridgehead atoms. The lowest BCUT2D eigenvalue weighted by atomic mass is 10.3. The molecular formula is C13H24N4S. The van der Waals surface area contributed by atoms with Gasteiger partial charge in [0.25, 0.3) is 0 Å². The molecule has 2 heterocycles. The van der Waals surface area contributed by atoms with E-state index in [4.69, 9.17) is 5.73 Å². The molecule has 0 spiro atoms. The Morgan fingerprint density at radius 1 is 1.22 bits per heavy atom. The van der Waals surface area contributed by atoms with Gasteiger partial charge in [0, 0.05) is 50.6 Å². The van der Waals surface area contributed by atoms with Crippen molar-refractivity contribution in [3.8, 4) is 0 Å². The van der Waals surface area contributed by atoms with E-state index in [1.807, 2.05) is 0 Å². The summed E-state index contributed by atoms with van der Waals surface area (Å²) in [7, 11) is 0. The summed E-state index contributed by atoms with van der Waals surface area (Å²) in [4.78, 5) is 10.9. The summed E-state index contributed by atoms with van der Waals surface area (Å²) in [6, 6.07) is 0. The maximum absolute atomic E-state index is 5.69. The lowest BCUT2D eigenvalue weighted by Gasteiger charge is -2.33. The molecule has 2 rings (SSSR count). The van der Waals surface area contributed by atoms with Crippen LogP contribution in [0.15, 0.2) is 0 Å². The van der Waals surface area contributed by atoms with Crippen molar-refractivity contribution in [1.29, 1.82) is 0 Å². The first-order valence-corrected chi connectivity index (χ1v) is 7.64. The first kappa shape index (κ1) is 13.9. The average molecular weight is 268 g/mol. The van der Waals surface area contributed by atoms with E-state index in [1.54, 1.807) is 11.3 Å². The highest BCUT2D eigenvalue weighted by atomic mass is 32.1. The molecule has 1 aromatic heterocycles. The van der Waals surface area contributed by atoms with Crippen molar-refractivity contribution in [1.82, 2.24) is 14.8 Å². The van der Waals surface area contributed by atoms with Gasteiger partial charge in [-0.1, -0.05) is 6.92 Å². The van der Waals surface area contributed by atoms with Gasteiger partial charge in [0.2, 0.25) is 0 Å². The summed E-state index contributed by atoms with van der Waals surface area (Å²) in [6.07, 6.45) is 1.07. The molecule has 0 radical (unpaired) electrons. The third kappa shape index (κ3) is 3.51. The van der Waals surface area contributed by atoms with Crippen LogP contribution in [0.5, 0.6) is 0 Å². The van der Waals surface area contributed by atoms with Crippen molar-refractivity contribution in [3.63, 3.8) is 0 Å². The fourth-order valence-electron chi connectivity index (χ4n) is 2.37. The molecule has 1 aliphatic heterocycles. The Bertz CT molecular complexity index is 369. The van der Waals surface area contributed by atoms with E-state index < -0.39 is 0 Å². The van der Waals surface area contributed by atoms with Crippen LogP contribution < -0.4 is 5.73 Å². The molecule has 1 aromatic rings. The minimum Gasteiger partial charge on any atom is -0.326 e. The fourth-order valence-corrected chi connectivity index (χ4v) is 3.30. The number of nitrogens with two attached hydrogens (primary N) is 1. The summed E-state index contributed by atoms with van der Waals surface area (Å²) >= 11 is 1.78.